The van der Waals surface area contributed by atoms with E-state index in [1.54, 1.807) is 0 Å². The Labute approximate surface area is 301 Å². The SMILES string of the molecule is CC1c2cccc3c2C(c2ccccc2)(c2cc(-c4ccccc4-c4ccccc4)ccc2N3c2ccccc2-c2ccccc2)C12CCCC2. The Balaban J connectivity index is 1.33. The number of para-hydroxylation sites is 1. The van der Waals surface area contributed by atoms with E-state index >= 15 is 0 Å². The average Bonchev–Trinajstić information content (AvgIpc) is 3.79. The lowest BCUT2D eigenvalue weighted by Crippen LogP contribution is -2.47. The first-order chi connectivity index (χ1) is 25.2. The Morgan fingerprint density at radius 3 is 1.71 bits per heavy atom. The zero-order chi connectivity index (χ0) is 34.0. The van der Waals surface area contributed by atoms with Crippen LogP contribution in [0.5, 0.6) is 0 Å². The summed E-state index contributed by atoms with van der Waals surface area (Å²) in [5.41, 5.74) is 17.0. The molecule has 7 aromatic carbocycles. The van der Waals surface area contributed by atoms with Crippen molar-refractivity contribution in [2.24, 2.45) is 5.41 Å². The summed E-state index contributed by atoms with van der Waals surface area (Å²) in [4.78, 5) is 2.60. The van der Waals surface area contributed by atoms with Crippen molar-refractivity contribution in [3.8, 4) is 33.4 Å². The van der Waals surface area contributed by atoms with Crippen LogP contribution in [0.25, 0.3) is 33.4 Å². The zero-order valence-electron chi connectivity index (χ0n) is 29.1. The molecule has 3 aliphatic rings. The Kier molecular flexibility index (Phi) is 6.93. The van der Waals surface area contributed by atoms with Gasteiger partial charge in [0.1, 0.15) is 0 Å². The monoisotopic (exact) mass is 655 g/mol. The second-order valence-electron chi connectivity index (χ2n) is 14.8. The molecule has 51 heavy (non-hydrogen) atoms. The molecule has 0 aromatic heterocycles. The fourth-order valence-electron chi connectivity index (χ4n) is 10.6. The highest BCUT2D eigenvalue weighted by molar-refractivity contribution is 5.96. The van der Waals surface area contributed by atoms with Gasteiger partial charge in [0.05, 0.1) is 22.5 Å². The number of hydrogen-bond acceptors (Lipinski definition) is 1. The molecule has 1 fully saturated rings. The lowest BCUT2D eigenvalue weighted by atomic mass is 9.52. The van der Waals surface area contributed by atoms with E-state index in [0.29, 0.717) is 5.92 Å². The van der Waals surface area contributed by atoms with Gasteiger partial charge in [-0.15, -0.1) is 0 Å². The van der Waals surface area contributed by atoms with Gasteiger partial charge < -0.3 is 4.90 Å². The lowest BCUT2D eigenvalue weighted by Gasteiger charge is -2.53. The van der Waals surface area contributed by atoms with Crippen LogP contribution in [0.15, 0.2) is 176 Å². The van der Waals surface area contributed by atoms with Crippen LogP contribution >= 0.6 is 0 Å². The molecule has 1 heterocycles. The van der Waals surface area contributed by atoms with Gasteiger partial charge in [0.25, 0.3) is 0 Å². The van der Waals surface area contributed by atoms with Crippen molar-refractivity contribution in [3.63, 3.8) is 0 Å². The van der Waals surface area contributed by atoms with Gasteiger partial charge in [-0.05, 0) is 98.5 Å². The number of benzene rings is 7. The summed E-state index contributed by atoms with van der Waals surface area (Å²) in [7, 11) is 0. The smallest absolute Gasteiger partial charge is 0.0557 e. The third-order valence-corrected chi connectivity index (χ3v) is 12.6. The first kappa shape index (κ1) is 30.2. The molecule has 246 valence electrons. The molecule has 7 aromatic rings. The van der Waals surface area contributed by atoms with E-state index in [4.69, 9.17) is 0 Å². The maximum absolute atomic E-state index is 2.60. The van der Waals surface area contributed by atoms with Crippen molar-refractivity contribution in [3.05, 3.63) is 198 Å². The minimum Gasteiger partial charge on any atom is -0.309 e. The van der Waals surface area contributed by atoms with Crippen molar-refractivity contribution in [1.82, 2.24) is 0 Å². The zero-order valence-corrected chi connectivity index (χ0v) is 29.1. The normalized spacial score (nSPS) is 19.5. The van der Waals surface area contributed by atoms with Gasteiger partial charge in [0.2, 0.25) is 0 Å². The molecular formula is C50H41N. The van der Waals surface area contributed by atoms with Gasteiger partial charge in [-0.2, -0.15) is 0 Å². The molecule has 0 radical (unpaired) electrons. The number of rotatable bonds is 5. The van der Waals surface area contributed by atoms with E-state index in [1.165, 1.54) is 98.4 Å². The Hall–Kier alpha value is -5.66. The van der Waals surface area contributed by atoms with Crippen LogP contribution in [0.3, 0.4) is 0 Å². The van der Waals surface area contributed by atoms with E-state index in [-0.39, 0.29) is 10.8 Å². The van der Waals surface area contributed by atoms with E-state index in [2.05, 4.69) is 188 Å². The third kappa shape index (κ3) is 4.21. The molecular weight excluding hydrogens is 615 g/mol. The van der Waals surface area contributed by atoms with Crippen LogP contribution in [-0.4, -0.2) is 0 Å². The predicted octanol–water partition coefficient (Wildman–Crippen LogP) is 13.5. The fourth-order valence-corrected chi connectivity index (χ4v) is 10.6. The van der Waals surface area contributed by atoms with Gasteiger partial charge in [-0.25, -0.2) is 0 Å². The first-order valence-electron chi connectivity index (χ1n) is 18.7. The molecule has 1 aliphatic heterocycles. The highest BCUT2D eigenvalue weighted by Crippen LogP contribution is 2.75. The molecule has 0 amide bonds. The second-order valence-corrected chi connectivity index (χ2v) is 14.8. The van der Waals surface area contributed by atoms with Crippen molar-refractivity contribution in [2.75, 3.05) is 4.90 Å². The fraction of sp³-hybridized carbons (Fsp3) is 0.160. The lowest BCUT2D eigenvalue weighted by molar-refractivity contribution is 0.177. The molecule has 1 saturated carbocycles. The Morgan fingerprint density at radius 1 is 0.471 bits per heavy atom. The molecule has 10 rings (SSSR count). The molecule has 0 bridgehead atoms. The second kappa shape index (κ2) is 11.7. The first-order valence-corrected chi connectivity index (χ1v) is 18.7. The largest absolute Gasteiger partial charge is 0.309 e. The number of anilines is 3. The summed E-state index contributed by atoms with van der Waals surface area (Å²) in [6.07, 6.45) is 4.99. The summed E-state index contributed by atoms with van der Waals surface area (Å²) in [5, 5.41) is 0. The van der Waals surface area contributed by atoms with Crippen LogP contribution in [-0.2, 0) is 5.41 Å². The number of nitrogens with zero attached hydrogens (tertiary/aromatic N) is 1. The van der Waals surface area contributed by atoms with Crippen molar-refractivity contribution < 1.29 is 0 Å². The highest BCUT2D eigenvalue weighted by Gasteiger charge is 2.66. The number of hydrogen-bond donors (Lipinski definition) is 0. The minimum atomic E-state index is -0.290. The maximum Gasteiger partial charge on any atom is 0.0557 e. The van der Waals surface area contributed by atoms with Crippen molar-refractivity contribution in [2.45, 2.75) is 43.9 Å². The standard InChI is InChI=1S/C50H41N/c1-35-40-27-17-29-47-48(40)50(39-22-9-4-10-23-39,49(35)32-15-16-33-49)44-34-38(42-25-12-11-24-41(42)36-18-5-2-6-19-36)30-31-46(44)51(47)45-28-14-13-26-43(45)37-20-7-3-8-21-37/h2-14,17-31,34-35H,15-16,32-33H2,1H3. The summed E-state index contributed by atoms with van der Waals surface area (Å²) in [6, 6.07) is 65.9. The van der Waals surface area contributed by atoms with Crippen molar-refractivity contribution >= 4 is 17.1 Å². The molecule has 1 nitrogen and oxygen atoms in total. The summed E-state index contributed by atoms with van der Waals surface area (Å²) >= 11 is 0. The maximum atomic E-state index is 2.60. The molecule has 2 atom stereocenters. The minimum absolute atomic E-state index is 0.0736. The van der Waals surface area contributed by atoms with Crippen LogP contribution in [0.4, 0.5) is 17.1 Å². The van der Waals surface area contributed by atoms with E-state index < -0.39 is 0 Å². The summed E-state index contributed by atoms with van der Waals surface area (Å²) in [6.45, 7) is 2.54. The Bertz CT molecular complexity index is 2390. The van der Waals surface area contributed by atoms with Crippen LogP contribution in [0, 0.1) is 5.41 Å². The van der Waals surface area contributed by atoms with E-state index in [0.717, 1.165) is 0 Å². The average molecular weight is 656 g/mol. The van der Waals surface area contributed by atoms with Crippen LogP contribution in [0.1, 0.15) is 60.8 Å². The topological polar surface area (TPSA) is 3.24 Å². The quantitative estimate of drug-likeness (QED) is 0.178. The summed E-state index contributed by atoms with van der Waals surface area (Å²) in [5.74, 6) is 0.424. The predicted molar refractivity (Wildman–Crippen MR) is 213 cm³/mol. The molecule has 0 saturated heterocycles. The van der Waals surface area contributed by atoms with Gasteiger partial charge in [-0.1, -0.05) is 171 Å². The van der Waals surface area contributed by atoms with Gasteiger partial charge in [0, 0.05) is 5.56 Å². The summed E-state index contributed by atoms with van der Waals surface area (Å²) < 4.78 is 0. The molecule has 0 N–H and O–H groups in total. The molecule has 1 spiro atoms. The van der Waals surface area contributed by atoms with Gasteiger partial charge in [0.15, 0.2) is 0 Å². The van der Waals surface area contributed by atoms with Gasteiger partial charge in [-0.3, -0.25) is 0 Å². The molecule has 2 aliphatic carbocycles. The van der Waals surface area contributed by atoms with Crippen LogP contribution < -0.4 is 4.90 Å². The van der Waals surface area contributed by atoms with Gasteiger partial charge >= 0.3 is 0 Å². The van der Waals surface area contributed by atoms with Crippen LogP contribution in [0.2, 0.25) is 0 Å². The third-order valence-electron chi connectivity index (χ3n) is 12.6. The van der Waals surface area contributed by atoms with Crippen molar-refractivity contribution in [1.29, 1.82) is 0 Å². The highest BCUT2D eigenvalue weighted by atomic mass is 15.2. The molecule has 2 unspecified atom stereocenters. The van der Waals surface area contributed by atoms with E-state index in [1.807, 2.05) is 0 Å². The van der Waals surface area contributed by atoms with E-state index in [9.17, 15) is 0 Å². The molecule has 1 heteroatoms. The Morgan fingerprint density at radius 2 is 1.02 bits per heavy atom. The number of fused-ring (bicyclic) bond motifs is 3.